The molecule has 168 valence electrons. The topological polar surface area (TPSA) is 59.1 Å². The Labute approximate surface area is 193 Å². The zero-order valence-corrected chi connectivity index (χ0v) is 19.1. The first-order valence-electron chi connectivity index (χ1n) is 10.9. The summed E-state index contributed by atoms with van der Waals surface area (Å²) in [6, 6.07) is 11.8. The fraction of sp³-hybridized carbons (Fsp3) is 0.360. The summed E-state index contributed by atoms with van der Waals surface area (Å²) in [5, 5.41) is 0.315. The largest absolute Gasteiger partial charge is 0.497 e. The number of halogens is 1. The third-order valence-electron chi connectivity index (χ3n) is 6.13. The lowest BCUT2D eigenvalue weighted by molar-refractivity contribution is 0.0749. The van der Waals surface area contributed by atoms with E-state index in [9.17, 15) is 9.59 Å². The molecule has 7 heteroatoms. The van der Waals surface area contributed by atoms with Crippen LogP contribution in [0.4, 0.5) is 10.5 Å². The fourth-order valence-electron chi connectivity index (χ4n) is 4.35. The van der Waals surface area contributed by atoms with Gasteiger partial charge in [-0.05, 0) is 80.5 Å². The van der Waals surface area contributed by atoms with E-state index in [1.807, 2.05) is 4.90 Å². The second-order valence-electron chi connectivity index (χ2n) is 8.12. The van der Waals surface area contributed by atoms with Crippen LogP contribution in [0.5, 0.6) is 11.5 Å². The average Bonchev–Trinajstić information content (AvgIpc) is 2.83. The second-order valence-corrected chi connectivity index (χ2v) is 8.53. The number of likely N-dealkylation sites (tertiary alicyclic amines) is 1. The molecule has 0 radical (unpaired) electrons. The van der Waals surface area contributed by atoms with Gasteiger partial charge in [0, 0.05) is 25.0 Å². The first-order valence-corrected chi connectivity index (χ1v) is 11.3. The lowest BCUT2D eigenvalue weighted by Gasteiger charge is -2.38. The average molecular weight is 455 g/mol. The maximum Gasteiger partial charge on any atom is 0.419 e. The van der Waals surface area contributed by atoms with Gasteiger partial charge in [-0.2, -0.15) is 0 Å². The monoisotopic (exact) mass is 454 g/mol. The zero-order valence-electron chi connectivity index (χ0n) is 18.3. The summed E-state index contributed by atoms with van der Waals surface area (Å²) in [4.78, 5) is 29.1. The molecule has 2 aliphatic rings. The Morgan fingerprint density at radius 3 is 2.50 bits per heavy atom. The fourth-order valence-corrected chi connectivity index (χ4v) is 4.60. The van der Waals surface area contributed by atoms with E-state index in [0.717, 1.165) is 31.4 Å². The summed E-state index contributed by atoms with van der Waals surface area (Å²) in [5.74, 6) is 1.47. The third kappa shape index (κ3) is 4.60. The highest BCUT2D eigenvalue weighted by atomic mass is 35.5. The molecule has 0 spiro atoms. The van der Waals surface area contributed by atoms with Gasteiger partial charge in [0.05, 0.1) is 17.7 Å². The minimum Gasteiger partial charge on any atom is -0.497 e. The van der Waals surface area contributed by atoms with Crippen molar-refractivity contribution in [3.63, 3.8) is 0 Å². The summed E-state index contributed by atoms with van der Waals surface area (Å²) in [5.41, 5.74) is 2.13. The summed E-state index contributed by atoms with van der Waals surface area (Å²) in [6.07, 6.45) is 7.14. The number of piperidine rings is 1. The van der Waals surface area contributed by atoms with Crippen LogP contribution >= 0.6 is 11.6 Å². The third-order valence-corrected chi connectivity index (χ3v) is 6.44. The molecule has 1 aliphatic heterocycles. The first-order chi connectivity index (χ1) is 15.5. The van der Waals surface area contributed by atoms with Crippen molar-refractivity contribution in [1.82, 2.24) is 4.90 Å². The van der Waals surface area contributed by atoms with Crippen LogP contribution < -0.4 is 14.4 Å². The van der Waals surface area contributed by atoms with Crippen molar-refractivity contribution in [3.05, 3.63) is 64.8 Å². The Morgan fingerprint density at radius 1 is 1.06 bits per heavy atom. The lowest BCUT2D eigenvalue weighted by atomic mass is 9.84. The van der Waals surface area contributed by atoms with Crippen molar-refractivity contribution in [3.8, 4) is 11.5 Å². The number of benzene rings is 2. The Morgan fingerprint density at radius 2 is 1.78 bits per heavy atom. The maximum atomic E-state index is 13.3. The SMILES string of the molecule is COc1ccc(OC(=O)N(C)c2ccc(C(=O)N3CCC[C@@H]4CCCC=C43)c(Cl)c2)cc1. The quantitative estimate of drug-likeness (QED) is 0.576. The predicted octanol–water partition coefficient (Wildman–Crippen LogP) is 5.90. The molecule has 0 unspecified atom stereocenters. The molecule has 1 saturated heterocycles. The molecule has 2 aromatic carbocycles. The number of methoxy groups -OCH3 is 1. The van der Waals surface area contributed by atoms with Crippen LogP contribution in [-0.4, -0.2) is 37.6 Å². The first kappa shape index (κ1) is 22.2. The number of fused-ring (bicyclic) bond motifs is 1. The number of anilines is 1. The molecule has 1 heterocycles. The van der Waals surface area contributed by atoms with Gasteiger partial charge < -0.3 is 14.4 Å². The molecule has 2 aromatic rings. The summed E-state index contributed by atoms with van der Waals surface area (Å²) in [7, 11) is 3.17. The van der Waals surface area contributed by atoms with Crippen LogP contribution in [0.15, 0.2) is 54.2 Å². The van der Waals surface area contributed by atoms with Crippen molar-refractivity contribution in [2.24, 2.45) is 5.92 Å². The van der Waals surface area contributed by atoms with Gasteiger partial charge in [-0.1, -0.05) is 17.7 Å². The van der Waals surface area contributed by atoms with E-state index >= 15 is 0 Å². The minimum atomic E-state index is -0.559. The van der Waals surface area contributed by atoms with E-state index in [-0.39, 0.29) is 5.91 Å². The molecular weight excluding hydrogens is 428 g/mol. The standard InChI is InChI=1S/C25H27ClN2O4/c1-27(25(30)32-20-12-10-19(31-2)11-13-20)18-9-14-21(22(26)16-18)24(29)28-15-5-7-17-6-3-4-8-23(17)28/h8-14,16-17H,3-7,15H2,1-2H3/t17-/m0/s1. The van der Waals surface area contributed by atoms with Crippen LogP contribution in [0, 0.1) is 5.92 Å². The van der Waals surface area contributed by atoms with E-state index in [1.54, 1.807) is 56.6 Å². The molecule has 1 aliphatic carbocycles. The van der Waals surface area contributed by atoms with Crippen LogP contribution in [0.1, 0.15) is 42.5 Å². The lowest BCUT2D eigenvalue weighted by Crippen LogP contribution is -2.39. The van der Waals surface area contributed by atoms with E-state index < -0.39 is 6.09 Å². The Kier molecular flexibility index (Phi) is 6.70. The van der Waals surface area contributed by atoms with Crippen LogP contribution in [0.2, 0.25) is 5.02 Å². The number of carbonyl (C=O) groups excluding carboxylic acids is 2. The number of nitrogens with zero attached hydrogens (tertiary/aromatic N) is 2. The van der Waals surface area contributed by atoms with E-state index in [1.165, 1.54) is 11.3 Å². The van der Waals surface area contributed by atoms with Crippen LogP contribution in [0.25, 0.3) is 0 Å². The molecule has 6 nitrogen and oxygen atoms in total. The summed E-state index contributed by atoms with van der Waals surface area (Å²) < 4.78 is 10.5. The van der Waals surface area contributed by atoms with Crippen molar-refractivity contribution < 1.29 is 19.1 Å². The van der Waals surface area contributed by atoms with Gasteiger partial charge in [-0.15, -0.1) is 0 Å². The van der Waals surface area contributed by atoms with Gasteiger partial charge in [0.25, 0.3) is 5.91 Å². The molecule has 0 aromatic heterocycles. The van der Waals surface area contributed by atoms with Crippen molar-refractivity contribution >= 4 is 29.3 Å². The number of amides is 2. The van der Waals surface area contributed by atoms with Gasteiger partial charge >= 0.3 is 6.09 Å². The number of ether oxygens (including phenoxy) is 2. The Bertz CT molecular complexity index is 1030. The normalized spacial score (nSPS) is 17.8. The van der Waals surface area contributed by atoms with E-state index in [0.29, 0.717) is 40.2 Å². The second kappa shape index (κ2) is 9.65. The molecule has 4 rings (SSSR count). The van der Waals surface area contributed by atoms with Crippen LogP contribution in [-0.2, 0) is 0 Å². The number of hydrogen-bond donors (Lipinski definition) is 0. The smallest absolute Gasteiger partial charge is 0.419 e. The van der Waals surface area contributed by atoms with Crippen LogP contribution in [0.3, 0.4) is 0 Å². The summed E-state index contributed by atoms with van der Waals surface area (Å²) >= 11 is 6.50. The number of hydrogen-bond acceptors (Lipinski definition) is 4. The van der Waals surface area contributed by atoms with Crippen molar-refractivity contribution in [2.75, 3.05) is 25.6 Å². The molecule has 32 heavy (non-hydrogen) atoms. The summed E-state index contributed by atoms with van der Waals surface area (Å²) in [6.45, 7) is 0.716. The zero-order chi connectivity index (χ0) is 22.7. The molecule has 1 fully saturated rings. The van der Waals surface area contributed by atoms with E-state index in [2.05, 4.69) is 6.08 Å². The molecular formula is C25H27ClN2O4. The Hall–Kier alpha value is -2.99. The van der Waals surface area contributed by atoms with Gasteiger partial charge in [-0.3, -0.25) is 9.69 Å². The number of rotatable bonds is 4. The maximum absolute atomic E-state index is 13.3. The highest BCUT2D eigenvalue weighted by Gasteiger charge is 2.31. The number of allylic oxidation sites excluding steroid dienone is 2. The van der Waals surface area contributed by atoms with Gasteiger partial charge in [0.1, 0.15) is 11.5 Å². The van der Waals surface area contributed by atoms with E-state index in [4.69, 9.17) is 21.1 Å². The Balaban J connectivity index is 1.47. The van der Waals surface area contributed by atoms with Gasteiger partial charge in [-0.25, -0.2) is 4.79 Å². The molecule has 1 atom stereocenters. The van der Waals surface area contributed by atoms with Gasteiger partial charge in [0.2, 0.25) is 0 Å². The number of carbonyl (C=O) groups is 2. The highest BCUT2D eigenvalue weighted by Crippen LogP contribution is 2.36. The van der Waals surface area contributed by atoms with Crippen molar-refractivity contribution in [1.29, 1.82) is 0 Å². The molecule has 0 saturated carbocycles. The highest BCUT2D eigenvalue weighted by molar-refractivity contribution is 6.34. The molecule has 0 bridgehead atoms. The van der Waals surface area contributed by atoms with Crippen molar-refractivity contribution in [2.45, 2.75) is 32.1 Å². The molecule has 2 amide bonds. The van der Waals surface area contributed by atoms with Gasteiger partial charge in [0.15, 0.2) is 0 Å². The molecule has 0 N–H and O–H groups in total. The predicted molar refractivity (Wildman–Crippen MR) is 125 cm³/mol. The minimum absolute atomic E-state index is 0.0807.